The second-order valence-electron chi connectivity index (χ2n) is 2.54. The fourth-order valence-electron chi connectivity index (χ4n) is 1.14. The Labute approximate surface area is 81.9 Å². The van der Waals surface area contributed by atoms with Crippen LogP contribution >= 0.6 is 15.9 Å². The highest BCUT2D eigenvalue weighted by atomic mass is 79.9. The maximum absolute atomic E-state index is 5.15. The van der Waals surface area contributed by atoms with Crippen LogP contribution in [0.4, 0.5) is 0 Å². The van der Waals surface area contributed by atoms with Gasteiger partial charge in [-0.25, -0.2) is 0 Å². The largest absolute Gasteiger partial charge is 0.496 e. The number of benzene rings is 1. The molecule has 1 aromatic rings. The molecule has 0 fully saturated rings. The summed E-state index contributed by atoms with van der Waals surface area (Å²) in [7, 11) is 1.67. The Bertz CT molecular complexity index is 258. The summed E-state index contributed by atoms with van der Waals surface area (Å²) in [6.45, 7) is 3.96. The first-order chi connectivity index (χ1) is 5.79. The first kappa shape index (κ1) is 9.59. The summed E-state index contributed by atoms with van der Waals surface area (Å²) in [5.41, 5.74) is 2.24. The van der Waals surface area contributed by atoms with Crippen molar-refractivity contribution in [3.8, 4) is 5.75 Å². The van der Waals surface area contributed by atoms with E-state index in [0.29, 0.717) is 0 Å². The van der Waals surface area contributed by atoms with Gasteiger partial charge in [-0.3, -0.25) is 0 Å². The van der Waals surface area contributed by atoms with E-state index in [1.54, 1.807) is 7.11 Å². The molecule has 0 bridgehead atoms. The van der Waals surface area contributed by atoms with Gasteiger partial charge in [0.15, 0.2) is 0 Å². The molecule has 12 heavy (non-hydrogen) atoms. The molecular formula is C10H12BrO. The summed E-state index contributed by atoms with van der Waals surface area (Å²) in [6.07, 6.45) is 0.996. The lowest BCUT2D eigenvalue weighted by atomic mass is 10.1. The molecule has 0 spiro atoms. The number of hydrogen-bond donors (Lipinski definition) is 0. The highest BCUT2D eigenvalue weighted by Gasteiger charge is 2.02. The third-order valence-electron chi connectivity index (χ3n) is 1.81. The molecule has 2 heteroatoms. The predicted molar refractivity (Wildman–Crippen MR) is 55.0 cm³/mol. The molecule has 0 aliphatic carbocycles. The van der Waals surface area contributed by atoms with Crippen molar-refractivity contribution in [3.63, 3.8) is 0 Å². The molecular weight excluding hydrogens is 216 g/mol. The normalized spacial score (nSPS) is 9.92. The summed E-state index contributed by atoms with van der Waals surface area (Å²) in [5.74, 6) is 0.869. The fourth-order valence-corrected chi connectivity index (χ4v) is 1.57. The minimum Gasteiger partial charge on any atom is -0.496 e. The molecule has 0 aromatic heterocycles. The van der Waals surface area contributed by atoms with E-state index in [2.05, 4.69) is 28.9 Å². The number of aryl methyl sites for hydroxylation is 1. The number of rotatable bonds is 3. The van der Waals surface area contributed by atoms with Crippen molar-refractivity contribution in [3.05, 3.63) is 36.2 Å². The van der Waals surface area contributed by atoms with Crippen molar-refractivity contribution >= 4 is 15.9 Å². The van der Waals surface area contributed by atoms with Gasteiger partial charge in [0.2, 0.25) is 0 Å². The minimum atomic E-state index is 0.869. The lowest BCUT2D eigenvalue weighted by Crippen LogP contribution is -1.94. The van der Waals surface area contributed by atoms with Crippen LogP contribution < -0.4 is 4.74 Å². The Kier molecular flexibility index (Phi) is 3.60. The molecule has 0 amide bonds. The number of hydrogen-bond acceptors (Lipinski definition) is 1. The summed E-state index contributed by atoms with van der Waals surface area (Å²) < 4.78 is 5.15. The van der Waals surface area contributed by atoms with E-state index in [9.17, 15) is 0 Å². The van der Waals surface area contributed by atoms with Crippen LogP contribution in [0, 0.1) is 6.92 Å². The van der Waals surface area contributed by atoms with Crippen LogP contribution in [-0.2, 0) is 6.42 Å². The van der Waals surface area contributed by atoms with E-state index in [0.717, 1.165) is 23.1 Å². The van der Waals surface area contributed by atoms with Crippen LogP contribution in [0.1, 0.15) is 11.1 Å². The Morgan fingerprint density at radius 2 is 2.25 bits per heavy atom. The standard InChI is InChI=1S/C10H12BrO/c1-8-9(6-7-11)4-3-5-10(8)12-2/h3-5H,1,6-7H2,2H3. The Morgan fingerprint density at radius 3 is 2.83 bits per heavy atom. The van der Waals surface area contributed by atoms with Gasteiger partial charge in [0, 0.05) is 5.33 Å². The zero-order valence-corrected chi connectivity index (χ0v) is 8.73. The molecule has 0 saturated heterocycles. The molecule has 0 aliphatic heterocycles. The fraction of sp³-hybridized carbons (Fsp3) is 0.300. The Morgan fingerprint density at radius 1 is 1.50 bits per heavy atom. The van der Waals surface area contributed by atoms with Crippen LogP contribution in [0.2, 0.25) is 0 Å². The lowest BCUT2D eigenvalue weighted by molar-refractivity contribution is 0.412. The summed E-state index contributed by atoms with van der Waals surface area (Å²) in [5, 5.41) is 0.961. The highest BCUT2D eigenvalue weighted by Crippen LogP contribution is 2.21. The number of halogens is 1. The molecule has 1 rings (SSSR count). The quantitative estimate of drug-likeness (QED) is 0.723. The molecule has 1 aromatic carbocycles. The molecule has 0 N–H and O–H groups in total. The Balaban J connectivity index is 2.97. The van der Waals surface area contributed by atoms with E-state index in [1.165, 1.54) is 5.56 Å². The molecule has 0 heterocycles. The molecule has 65 valence electrons. The Hall–Kier alpha value is -0.500. The number of alkyl halides is 1. The zero-order valence-electron chi connectivity index (χ0n) is 7.14. The first-order valence-corrected chi connectivity index (χ1v) is 4.95. The first-order valence-electron chi connectivity index (χ1n) is 3.83. The van der Waals surface area contributed by atoms with Crippen molar-refractivity contribution in [2.75, 3.05) is 12.4 Å². The van der Waals surface area contributed by atoms with Crippen LogP contribution in [0.5, 0.6) is 5.75 Å². The topological polar surface area (TPSA) is 9.23 Å². The summed E-state index contributed by atoms with van der Waals surface area (Å²) in [4.78, 5) is 0. The maximum atomic E-state index is 5.15. The average molecular weight is 228 g/mol. The average Bonchev–Trinajstić information content (AvgIpc) is 2.09. The monoisotopic (exact) mass is 227 g/mol. The van der Waals surface area contributed by atoms with E-state index < -0.39 is 0 Å². The van der Waals surface area contributed by atoms with Gasteiger partial charge >= 0.3 is 0 Å². The zero-order chi connectivity index (χ0) is 8.97. The molecule has 0 unspecified atom stereocenters. The maximum Gasteiger partial charge on any atom is 0.122 e. The SMILES string of the molecule is [CH2]c1c(CCBr)cccc1OC. The second-order valence-corrected chi connectivity index (χ2v) is 3.33. The third kappa shape index (κ3) is 2.01. The van der Waals surface area contributed by atoms with Gasteiger partial charge in [-0.2, -0.15) is 0 Å². The lowest BCUT2D eigenvalue weighted by Gasteiger charge is -2.08. The van der Waals surface area contributed by atoms with Crippen molar-refractivity contribution in [1.29, 1.82) is 0 Å². The van der Waals surface area contributed by atoms with Gasteiger partial charge < -0.3 is 4.74 Å². The van der Waals surface area contributed by atoms with Gasteiger partial charge in [0.25, 0.3) is 0 Å². The van der Waals surface area contributed by atoms with Crippen molar-refractivity contribution < 1.29 is 4.74 Å². The predicted octanol–water partition coefficient (Wildman–Crippen LogP) is 2.81. The van der Waals surface area contributed by atoms with Crippen LogP contribution in [-0.4, -0.2) is 12.4 Å². The van der Waals surface area contributed by atoms with Crippen molar-refractivity contribution in [2.45, 2.75) is 6.42 Å². The molecule has 1 radical (unpaired) electrons. The third-order valence-corrected chi connectivity index (χ3v) is 2.21. The van der Waals surface area contributed by atoms with Gasteiger partial charge in [-0.1, -0.05) is 28.1 Å². The molecule has 0 atom stereocenters. The van der Waals surface area contributed by atoms with Gasteiger partial charge in [-0.15, -0.1) is 0 Å². The van der Waals surface area contributed by atoms with E-state index in [-0.39, 0.29) is 0 Å². The van der Waals surface area contributed by atoms with Crippen LogP contribution in [0.3, 0.4) is 0 Å². The number of methoxy groups -OCH3 is 1. The molecule has 0 aliphatic rings. The summed E-state index contributed by atoms with van der Waals surface area (Å²) in [6, 6.07) is 6.00. The summed E-state index contributed by atoms with van der Waals surface area (Å²) >= 11 is 3.40. The van der Waals surface area contributed by atoms with E-state index >= 15 is 0 Å². The van der Waals surface area contributed by atoms with E-state index in [4.69, 9.17) is 4.74 Å². The van der Waals surface area contributed by atoms with Gasteiger partial charge in [0.05, 0.1) is 7.11 Å². The smallest absolute Gasteiger partial charge is 0.122 e. The van der Waals surface area contributed by atoms with Crippen molar-refractivity contribution in [2.24, 2.45) is 0 Å². The second kappa shape index (κ2) is 4.51. The van der Waals surface area contributed by atoms with Gasteiger partial charge in [-0.05, 0) is 30.5 Å². The number of ether oxygens (including phenoxy) is 1. The molecule has 1 nitrogen and oxygen atoms in total. The van der Waals surface area contributed by atoms with Crippen LogP contribution in [0.25, 0.3) is 0 Å². The highest BCUT2D eigenvalue weighted by molar-refractivity contribution is 9.09. The van der Waals surface area contributed by atoms with Crippen LogP contribution in [0.15, 0.2) is 18.2 Å². The van der Waals surface area contributed by atoms with E-state index in [1.807, 2.05) is 12.1 Å². The van der Waals surface area contributed by atoms with Crippen molar-refractivity contribution in [1.82, 2.24) is 0 Å². The minimum absolute atomic E-state index is 0.869. The van der Waals surface area contributed by atoms with Gasteiger partial charge in [0.1, 0.15) is 5.75 Å². The molecule has 0 saturated carbocycles.